The predicted octanol–water partition coefficient (Wildman–Crippen LogP) is 7.66. The second-order valence-electron chi connectivity index (χ2n) is 15.1. The first-order valence-electron chi connectivity index (χ1n) is 14.7. The molecule has 0 spiro atoms. The number of rotatable bonds is 3. The maximum atomic E-state index is 12.8. The summed E-state index contributed by atoms with van der Waals surface area (Å²) in [5, 5.41) is 10.5. The SMILES string of the molecule is C=C(C)[C@@H]1CC[C@]2(C(=O)O)CC[C@]3(C)[C@H](CC[C@@H]4[C@@]5(C)CC[C@H](OC(C)=O)C(C)(C)[C@@H]5CC[C@]43C)[C@H]12. The highest BCUT2D eigenvalue weighted by Crippen LogP contribution is 2.77. The molecule has 5 aliphatic rings. The number of fused-ring (bicyclic) bond motifs is 7. The molecule has 5 fully saturated rings. The molecular formula is C32H50O4. The quantitative estimate of drug-likeness (QED) is 0.320. The van der Waals surface area contributed by atoms with Crippen LogP contribution in [0.2, 0.25) is 0 Å². The first-order valence-corrected chi connectivity index (χ1v) is 14.7. The summed E-state index contributed by atoms with van der Waals surface area (Å²) in [5.74, 6) is 1.49. The van der Waals surface area contributed by atoms with E-state index in [2.05, 4.69) is 48.1 Å². The van der Waals surface area contributed by atoms with Crippen LogP contribution in [0.15, 0.2) is 12.2 Å². The number of carbonyl (C=O) groups is 2. The number of carbonyl (C=O) groups excluding carboxylic acids is 1. The fourth-order valence-electron chi connectivity index (χ4n) is 11.9. The molecule has 5 aliphatic carbocycles. The van der Waals surface area contributed by atoms with E-state index in [1.54, 1.807) is 6.92 Å². The molecule has 0 aromatic rings. The van der Waals surface area contributed by atoms with Gasteiger partial charge >= 0.3 is 11.9 Å². The van der Waals surface area contributed by atoms with Gasteiger partial charge in [0.1, 0.15) is 6.10 Å². The molecule has 4 nitrogen and oxygen atoms in total. The summed E-state index contributed by atoms with van der Waals surface area (Å²) in [6, 6.07) is 0. The zero-order valence-corrected chi connectivity index (χ0v) is 23.9. The molecule has 5 saturated carbocycles. The van der Waals surface area contributed by atoms with Crippen molar-refractivity contribution in [3.63, 3.8) is 0 Å². The number of esters is 1. The number of hydrogen-bond acceptors (Lipinski definition) is 3. The van der Waals surface area contributed by atoms with Crippen molar-refractivity contribution in [2.24, 2.45) is 56.7 Å². The summed E-state index contributed by atoms with van der Waals surface area (Å²) >= 11 is 0. The topological polar surface area (TPSA) is 63.6 Å². The molecule has 5 rings (SSSR count). The van der Waals surface area contributed by atoms with Crippen molar-refractivity contribution in [1.82, 2.24) is 0 Å². The number of carboxylic acids is 1. The van der Waals surface area contributed by atoms with Crippen LogP contribution in [0.1, 0.15) is 113 Å². The molecule has 10 atom stereocenters. The highest BCUT2D eigenvalue weighted by Gasteiger charge is 2.72. The maximum absolute atomic E-state index is 12.8. The van der Waals surface area contributed by atoms with Crippen LogP contribution >= 0.6 is 0 Å². The maximum Gasteiger partial charge on any atom is 0.309 e. The van der Waals surface area contributed by atoms with E-state index in [1.807, 2.05) is 0 Å². The van der Waals surface area contributed by atoms with Crippen LogP contribution in [-0.2, 0) is 14.3 Å². The Morgan fingerprint density at radius 3 is 2.11 bits per heavy atom. The molecular weight excluding hydrogens is 448 g/mol. The van der Waals surface area contributed by atoms with Gasteiger partial charge in [-0.1, -0.05) is 46.8 Å². The Bertz CT molecular complexity index is 967. The first kappa shape index (κ1) is 26.3. The van der Waals surface area contributed by atoms with Gasteiger partial charge in [0.15, 0.2) is 0 Å². The van der Waals surface area contributed by atoms with Gasteiger partial charge in [0, 0.05) is 12.3 Å². The Labute approximate surface area is 219 Å². The summed E-state index contributed by atoms with van der Waals surface area (Å²) in [7, 11) is 0. The van der Waals surface area contributed by atoms with Gasteiger partial charge in [-0.15, -0.1) is 0 Å². The van der Waals surface area contributed by atoms with Crippen molar-refractivity contribution in [1.29, 1.82) is 0 Å². The van der Waals surface area contributed by atoms with Crippen molar-refractivity contribution in [3.05, 3.63) is 12.2 Å². The number of hydrogen-bond donors (Lipinski definition) is 1. The van der Waals surface area contributed by atoms with Crippen LogP contribution in [0.3, 0.4) is 0 Å². The van der Waals surface area contributed by atoms with E-state index in [9.17, 15) is 14.7 Å². The molecule has 202 valence electrons. The van der Waals surface area contributed by atoms with Gasteiger partial charge in [-0.3, -0.25) is 9.59 Å². The number of aliphatic carboxylic acids is 1. The van der Waals surface area contributed by atoms with Crippen LogP contribution in [0.4, 0.5) is 0 Å². The molecule has 4 heteroatoms. The third-order valence-electron chi connectivity index (χ3n) is 13.7. The van der Waals surface area contributed by atoms with Gasteiger partial charge in [-0.25, -0.2) is 0 Å². The lowest BCUT2D eigenvalue weighted by Gasteiger charge is -2.72. The van der Waals surface area contributed by atoms with Gasteiger partial charge < -0.3 is 9.84 Å². The van der Waals surface area contributed by atoms with Crippen molar-refractivity contribution in [2.45, 2.75) is 119 Å². The predicted molar refractivity (Wildman–Crippen MR) is 142 cm³/mol. The normalized spacial score (nSPS) is 51.2. The smallest absolute Gasteiger partial charge is 0.309 e. The number of allylic oxidation sites excluding steroid dienone is 1. The zero-order chi connectivity index (χ0) is 26.5. The summed E-state index contributed by atoms with van der Waals surface area (Å²) in [6.45, 7) is 20.4. The van der Waals surface area contributed by atoms with E-state index in [1.165, 1.54) is 24.8 Å². The van der Waals surface area contributed by atoms with E-state index in [-0.39, 0.29) is 39.7 Å². The van der Waals surface area contributed by atoms with Gasteiger partial charge in [-0.2, -0.15) is 0 Å². The Morgan fingerprint density at radius 2 is 1.50 bits per heavy atom. The fourth-order valence-corrected chi connectivity index (χ4v) is 11.9. The fraction of sp³-hybridized carbons (Fsp3) is 0.875. The summed E-state index contributed by atoms with van der Waals surface area (Å²) < 4.78 is 5.88. The minimum atomic E-state index is -0.553. The zero-order valence-electron chi connectivity index (χ0n) is 23.9. The molecule has 0 aromatic heterocycles. The lowest BCUT2D eigenvalue weighted by Crippen LogP contribution is -2.67. The van der Waals surface area contributed by atoms with Crippen molar-refractivity contribution in [3.8, 4) is 0 Å². The Kier molecular flexibility index (Phi) is 5.91. The van der Waals surface area contributed by atoms with Gasteiger partial charge in [0.25, 0.3) is 0 Å². The van der Waals surface area contributed by atoms with E-state index < -0.39 is 11.4 Å². The van der Waals surface area contributed by atoms with E-state index >= 15 is 0 Å². The number of carboxylic acid groups (broad SMARTS) is 1. The lowest BCUT2D eigenvalue weighted by atomic mass is 9.32. The van der Waals surface area contributed by atoms with E-state index in [0.29, 0.717) is 23.7 Å². The van der Waals surface area contributed by atoms with Crippen LogP contribution in [0.25, 0.3) is 0 Å². The molecule has 0 heterocycles. The van der Waals surface area contributed by atoms with Crippen molar-refractivity contribution in [2.75, 3.05) is 0 Å². The average Bonchev–Trinajstić information content (AvgIpc) is 3.17. The Balaban J connectivity index is 1.52. The third-order valence-corrected chi connectivity index (χ3v) is 13.7. The molecule has 0 radical (unpaired) electrons. The van der Waals surface area contributed by atoms with Gasteiger partial charge in [0.2, 0.25) is 0 Å². The van der Waals surface area contributed by atoms with Crippen LogP contribution in [-0.4, -0.2) is 23.1 Å². The Hall–Kier alpha value is -1.32. The standard InChI is InChI=1S/C32H50O4/c1-19(2)21-11-16-32(27(34)35)18-17-30(7)22(26(21)32)9-10-24-29(6)14-13-25(36-20(3)33)28(4,5)23(29)12-15-31(24,30)8/h21-26H,1,9-18H2,2-8H3,(H,34,35)/t21-,22+,23-,24+,25-,26-,29-,30+,31+,32-/m0/s1. The van der Waals surface area contributed by atoms with Crippen LogP contribution < -0.4 is 0 Å². The largest absolute Gasteiger partial charge is 0.481 e. The second kappa shape index (κ2) is 8.09. The van der Waals surface area contributed by atoms with E-state index in [0.717, 1.165) is 44.9 Å². The molecule has 0 saturated heterocycles. The summed E-state index contributed by atoms with van der Waals surface area (Å²) in [5.41, 5.74) is 1.20. The molecule has 1 N–H and O–H groups in total. The highest BCUT2D eigenvalue weighted by molar-refractivity contribution is 5.76. The van der Waals surface area contributed by atoms with Crippen molar-refractivity contribution >= 4 is 11.9 Å². The highest BCUT2D eigenvalue weighted by atomic mass is 16.5. The Morgan fingerprint density at radius 1 is 0.806 bits per heavy atom. The summed E-state index contributed by atoms with van der Waals surface area (Å²) in [6.07, 6.45) is 10.5. The lowest BCUT2D eigenvalue weighted by molar-refractivity contribution is -0.250. The molecule has 0 bridgehead atoms. The molecule has 0 amide bonds. The minimum absolute atomic E-state index is 0.00466. The summed E-state index contributed by atoms with van der Waals surface area (Å²) in [4.78, 5) is 24.7. The van der Waals surface area contributed by atoms with Crippen LogP contribution in [0.5, 0.6) is 0 Å². The average molecular weight is 499 g/mol. The van der Waals surface area contributed by atoms with Gasteiger partial charge in [-0.05, 0) is 117 Å². The van der Waals surface area contributed by atoms with Gasteiger partial charge in [0.05, 0.1) is 5.41 Å². The number of ether oxygens (including phenoxy) is 1. The van der Waals surface area contributed by atoms with Crippen LogP contribution in [0, 0.1) is 56.7 Å². The minimum Gasteiger partial charge on any atom is -0.481 e. The van der Waals surface area contributed by atoms with Crippen molar-refractivity contribution < 1.29 is 19.4 Å². The third kappa shape index (κ3) is 3.17. The molecule has 36 heavy (non-hydrogen) atoms. The second-order valence-corrected chi connectivity index (χ2v) is 15.1. The first-order chi connectivity index (χ1) is 16.6. The molecule has 0 aliphatic heterocycles. The van der Waals surface area contributed by atoms with E-state index in [4.69, 9.17) is 4.74 Å². The molecule has 0 unspecified atom stereocenters. The molecule has 0 aromatic carbocycles. The monoisotopic (exact) mass is 498 g/mol.